The summed E-state index contributed by atoms with van der Waals surface area (Å²) in [6, 6.07) is 0. The Morgan fingerprint density at radius 3 is 2.85 bits per heavy atom. The van der Waals surface area contributed by atoms with Crippen LogP contribution in [-0.4, -0.2) is 38.8 Å². The van der Waals surface area contributed by atoms with Crippen molar-refractivity contribution in [1.29, 1.82) is 0 Å². The smallest absolute Gasteiger partial charge is 0.216 e. The van der Waals surface area contributed by atoms with Gasteiger partial charge >= 0.3 is 0 Å². The lowest BCUT2D eigenvalue weighted by molar-refractivity contribution is -0.0995. The standard InChI is InChI=1S/C9H16O4/c1-3-10-5-6-12-9(8-13-9)7-11-4-2/h3H,1,4-8H2,2H3. The van der Waals surface area contributed by atoms with Gasteiger partial charge in [-0.05, 0) is 6.92 Å². The average Bonchev–Trinajstić information content (AvgIpc) is 2.91. The van der Waals surface area contributed by atoms with Crippen LogP contribution in [0.4, 0.5) is 0 Å². The first-order valence-electron chi connectivity index (χ1n) is 4.41. The molecule has 0 aromatic heterocycles. The molecule has 0 aromatic rings. The predicted molar refractivity (Wildman–Crippen MR) is 47.3 cm³/mol. The molecule has 1 aliphatic rings. The van der Waals surface area contributed by atoms with Crippen molar-refractivity contribution in [2.45, 2.75) is 12.7 Å². The van der Waals surface area contributed by atoms with E-state index in [1.54, 1.807) is 0 Å². The predicted octanol–water partition coefficient (Wildman–Crippen LogP) is 0.926. The minimum Gasteiger partial charge on any atom is -0.499 e. The fourth-order valence-corrected chi connectivity index (χ4v) is 0.906. The summed E-state index contributed by atoms with van der Waals surface area (Å²) in [5.41, 5.74) is 0. The molecule has 76 valence electrons. The SMILES string of the molecule is C=COCCOC1(COCC)CO1. The Bertz CT molecular complexity index is 154. The molecule has 4 heteroatoms. The van der Waals surface area contributed by atoms with Crippen molar-refractivity contribution in [3.8, 4) is 0 Å². The van der Waals surface area contributed by atoms with Crippen molar-refractivity contribution in [1.82, 2.24) is 0 Å². The zero-order valence-electron chi connectivity index (χ0n) is 7.95. The van der Waals surface area contributed by atoms with Gasteiger partial charge in [-0.2, -0.15) is 0 Å². The van der Waals surface area contributed by atoms with Gasteiger partial charge in [-0.25, -0.2) is 0 Å². The molecule has 1 saturated heterocycles. The lowest BCUT2D eigenvalue weighted by Gasteiger charge is -2.12. The highest BCUT2D eigenvalue weighted by Crippen LogP contribution is 2.28. The van der Waals surface area contributed by atoms with Gasteiger partial charge in [0.1, 0.15) is 19.8 Å². The van der Waals surface area contributed by atoms with Crippen LogP contribution in [-0.2, 0) is 18.9 Å². The van der Waals surface area contributed by atoms with Gasteiger partial charge in [-0.1, -0.05) is 6.58 Å². The average molecular weight is 188 g/mol. The van der Waals surface area contributed by atoms with Crippen LogP contribution in [0.2, 0.25) is 0 Å². The van der Waals surface area contributed by atoms with Crippen molar-refractivity contribution >= 4 is 0 Å². The first-order valence-corrected chi connectivity index (χ1v) is 4.41. The van der Waals surface area contributed by atoms with Crippen LogP contribution in [0.5, 0.6) is 0 Å². The van der Waals surface area contributed by atoms with Gasteiger partial charge < -0.3 is 18.9 Å². The van der Waals surface area contributed by atoms with Crippen LogP contribution in [0.15, 0.2) is 12.8 Å². The van der Waals surface area contributed by atoms with Crippen LogP contribution < -0.4 is 0 Å². The van der Waals surface area contributed by atoms with Crippen molar-refractivity contribution < 1.29 is 18.9 Å². The largest absolute Gasteiger partial charge is 0.499 e. The second-order valence-electron chi connectivity index (χ2n) is 2.72. The molecule has 1 fully saturated rings. The summed E-state index contributed by atoms with van der Waals surface area (Å²) in [5.74, 6) is -0.486. The van der Waals surface area contributed by atoms with Crippen molar-refractivity contribution in [3.63, 3.8) is 0 Å². The Morgan fingerprint density at radius 1 is 1.54 bits per heavy atom. The Labute approximate surface area is 78.4 Å². The molecule has 1 aliphatic heterocycles. The molecule has 0 aliphatic carbocycles. The normalized spacial score (nSPS) is 25.6. The van der Waals surface area contributed by atoms with Crippen LogP contribution in [0, 0.1) is 0 Å². The van der Waals surface area contributed by atoms with E-state index >= 15 is 0 Å². The summed E-state index contributed by atoms with van der Waals surface area (Å²) in [7, 11) is 0. The van der Waals surface area contributed by atoms with Gasteiger partial charge in [0.05, 0.1) is 12.9 Å². The maximum atomic E-state index is 5.42. The Kier molecular flexibility index (Phi) is 4.21. The third-order valence-corrected chi connectivity index (χ3v) is 1.68. The third kappa shape index (κ3) is 3.76. The molecule has 0 bridgehead atoms. The van der Waals surface area contributed by atoms with Crippen LogP contribution in [0.25, 0.3) is 0 Å². The van der Waals surface area contributed by atoms with Crippen LogP contribution >= 0.6 is 0 Å². The molecule has 0 radical (unpaired) electrons. The third-order valence-electron chi connectivity index (χ3n) is 1.68. The molecule has 1 rings (SSSR count). The van der Waals surface area contributed by atoms with E-state index in [-0.39, 0.29) is 0 Å². The Balaban J connectivity index is 2.02. The van der Waals surface area contributed by atoms with Crippen molar-refractivity contribution in [2.24, 2.45) is 0 Å². The monoisotopic (exact) mass is 188 g/mol. The summed E-state index contributed by atoms with van der Waals surface area (Å²) < 4.78 is 20.7. The summed E-state index contributed by atoms with van der Waals surface area (Å²) >= 11 is 0. The molecule has 13 heavy (non-hydrogen) atoms. The number of hydrogen-bond donors (Lipinski definition) is 0. The second kappa shape index (κ2) is 5.21. The van der Waals surface area contributed by atoms with Gasteiger partial charge in [-0.3, -0.25) is 0 Å². The van der Waals surface area contributed by atoms with E-state index in [1.165, 1.54) is 6.26 Å². The van der Waals surface area contributed by atoms with Gasteiger partial charge in [0.2, 0.25) is 5.79 Å². The molecular formula is C9H16O4. The molecule has 0 saturated carbocycles. The fourth-order valence-electron chi connectivity index (χ4n) is 0.906. The lowest BCUT2D eigenvalue weighted by Crippen LogP contribution is -2.25. The van der Waals surface area contributed by atoms with E-state index in [0.29, 0.717) is 33.0 Å². The summed E-state index contributed by atoms with van der Waals surface area (Å²) in [5, 5.41) is 0. The quantitative estimate of drug-likeness (QED) is 0.323. The first kappa shape index (κ1) is 10.5. The summed E-state index contributed by atoms with van der Waals surface area (Å²) in [4.78, 5) is 0. The van der Waals surface area contributed by atoms with Gasteiger partial charge in [0.15, 0.2) is 0 Å². The molecule has 0 amide bonds. The highest BCUT2D eigenvalue weighted by molar-refractivity contribution is 4.81. The molecule has 1 unspecified atom stereocenters. The Hall–Kier alpha value is -0.580. The Morgan fingerprint density at radius 2 is 2.31 bits per heavy atom. The van der Waals surface area contributed by atoms with E-state index < -0.39 is 5.79 Å². The van der Waals surface area contributed by atoms with Gasteiger partial charge in [-0.15, -0.1) is 0 Å². The maximum Gasteiger partial charge on any atom is 0.216 e. The van der Waals surface area contributed by atoms with E-state index in [4.69, 9.17) is 18.9 Å². The molecular weight excluding hydrogens is 172 g/mol. The van der Waals surface area contributed by atoms with Gasteiger partial charge in [0, 0.05) is 6.61 Å². The number of epoxide rings is 1. The summed E-state index contributed by atoms with van der Waals surface area (Å²) in [6.45, 7) is 8.16. The molecule has 1 atom stereocenters. The number of rotatable bonds is 8. The fraction of sp³-hybridized carbons (Fsp3) is 0.778. The minimum atomic E-state index is -0.486. The molecule has 0 N–H and O–H groups in total. The lowest BCUT2D eigenvalue weighted by atomic mass is 10.4. The van der Waals surface area contributed by atoms with Crippen LogP contribution in [0.3, 0.4) is 0 Å². The summed E-state index contributed by atoms with van der Waals surface area (Å²) in [6.07, 6.45) is 1.40. The molecule has 1 heterocycles. The zero-order valence-corrected chi connectivity index (χ0v) is 7.95. The minimum absolute atomic E-state index is 0.486. The van der Waals surface area contributed by atoms with E-state index in [0.717, 1.165) is 0 Å². The highest BCUT2D eigenvalue weighted by atomic mass is 16.8. The van der Waals surface area contributed by atoms with E-state index in [2.05, 4.69) is 6.58 Å². The molecule has 0 spiro atoms. The van der Waals surface area contributed by atoms with Crippen molar-refractivity contribution in [2.75, 3.05) is 33.0 Å². The highest BCUT2D eigenvalue weighted by Gasteiger charge is 2.46. The number of ether oxygens (including phenoxy) is 4. The first-order chi connectivity index (χ1) is 6.33. The van der Waals surface area contributed by atoms with E-state index in [9.17, 15) is 0 Å². The second-order valence-corrected chi connectivity index (χ2v) is 2.72. The topological polar surface area (TPSA) is 40.2 Å². The van der Waals surface area contributed by atoms with E-state index in [1.807, 2.05) is 6.92 Å². The van der Waals surface area contributed by atoms with Gasteiger partial charge in [0.25, 0.3) is 0 Å². The molecule has 4 nitrogen and oxygen atoms in total. The van der Waals surface area contributed by atoms with Crippen LogP contribution in [0.1, 0.15) is 6.92 Å². The van der Waals surface area contributed by atoms with Crippen molar-refractivity contribution in [3.05, 3.63) is 12.8 Å². The maximum absolute atomic E-state index is 5.42. The zero-order chi connectivity index (χ0) is 9.57. The molecule has 0 aromatic carbocycles. The number of hydrogen-bond acceptors (Lipinski definition) is 4.